The maximum Gasteiger partial charge on any atom is 0.191 e. The summed E-state index contributed by atoms with van der Waals surface area (Å²) in [5.74, 6) is 1.58. The average molecular weight is 455 g/mol. The van der Waals surface area contributed by atoms with Gasteiger partial charge in [-0.2, -0.15) is 0 Å². The van der Waals surface area contributed by atoms with Gasteiger partial charge in [-0.25, -0.2) is 0 Å². The van der Waals surface area contributed by atoms with Gasteiger partial charge in [0.15, 0.2) is 5.96 Å². The number of aliphatic imine (C=N–C) groups is 1. The van der Waals surface area contributed by atoms with Gasteiger partial charge in [0.05, 0.1) is 6.10 Å². The molecular weight excluding hydrogens is 425 g/mol. The number of fused-ring (bicyclic) bond motifs is 2. The summed E-state index contributed by atoms with van der Waals surface area (Å²) in [6.07, 6.45) is 4.98. The van der Waals surface area contributed by atoms with Gasteiger partial charge in [0.25, 0.3) is 0 Å². The number of hydrogen-bond acceptors (Lipinski definition) is 2. The van der Waals surface area contributed by atoms with E-state index in [1.807, 2.05) is 7.05 Å². The predicted molar refractivity (Wildman–Crippen MR) is 113 cm³/mol. The third kappa shape index (κ3) is 3.42. The lowest BCUT2D eigenvalue weighted by Crippen LogP contribution is -2.68. The summed E-state index contributed by atoms with van der Waals surface area (Å²) in [4.78, 5) is 4.49. The fraction of sp³-hybridized carbons (Fsp3) is 0.650. The number of aryl methyl sites for hydroxylation is 1. The van der Waals surface area contributed by atoms with Gasteiger partial charge < -0.3 is 15.4 Å². The molecule has 0 aromatic heterocycles. The van der Waals surface area contributed by atoms with Crippen molar-refractivity contribution >= 4 is 29.9 Å². The summed E-state index contributed by atoms with van der Waals surface area (Å²) in [7, 11) is 1.88. The predicted octanol–water partition coefficient (Wildman–Crippen LogP) is 3.14. The van der Waals surface area contributed by atoms with E-state index in [4.69, 9.17) is 4.74 Å². The molecular formula is C20H30IN3O. The van der Waals surface area contributed by atoms with Crippen LogP contribution >= 0.6 is 24.0 Å². The van der Waals surface area contributed by atoms with Gasteiger partial charge in [-0.15, -0.1) is 24.0 Å². The molecule has 2 fully saturated rings. The topological polar surface area (TPSA) is 45.7 Å². The fourth-order valence-corrected chi connectivity index (χ4v) is 4.95. The second-order valence-electron chi connectivity index (χ2n) is 8.11. The van der Waals surface area contributed by atoms with Crippen LogP contribution in [0.4, 0.5) is 0 Å². The second-order valence-corrected chi connectivity index (χ2v) is 8.11. The normalized spacial score (nSPS) is 32.7. The number of benzene rings is 1. The zero-order valence-electron chi connectivity index (χ0n) is 15.4. The Morgan fingerprint density at radius 2 is 1.92 bits per heavy atom. The number of nitrogens with one attached hydrogen (secondary N) is 2. The summed E-state index contributed by atoms with van der Waals surface area (Å²) < 4.78 is 5.90. The van der Waals surface area contributed by atoms with Gasteiger partial charge in [-0.1, -0.05) is 38.1 Å². The van der Waals surface area contributed by atoms with Gasteiger partial charge in [0.2, 0.25) is 0 Å². The van der Waals surface area contributed by atoms with E-state index in [1.165, 1.54) is 24.0 Å². The highest BCUT2D eigenvalue weighted by Crippen LogP contribution is 2.52. The van der Waals surface area contributed by atoms with Gasteiger partial charge in [0.1, 0.15) is 0 Å². The highest BCUT2D eigenvalue weighted by molar-refractivity contribution is 14.0. The van der Waals surface area contributed by atoms with Crippen LogP contribution in [0.3, 0.4) is 0 Å². The van der Waals surface area contributed by atoms with Crippen molar-refractivity contribution in [3.8, 4) is 0 Å². The molecule has 0 spiro atoms. The van der Waals surface area contributed by atoms with Crippen LogP contribution in [-0.2, 0) is 17.6 Å². The smallest absolute Gasteiger partial charge is 0.191 e. The van der Waals surface area contributed by atoms with Crippen LogP contribution in [0, 0.1) is 11.3 Å². The van der Waals surface area contributed by atoms with Crippen LogP contribution in [0.2, 0.25) is 0 Å². The number of ether oxygens (including phenoxy) is 1. The van der Waals surface area contributed by atoms with Crippen LogP contribution < -0.4 is 10.6 Å². The molecule has 5 heteroatoms. The number of halogens is 1. The average Bonchev–Trinajstić information content (AvgIpc) is 3.05. The van der Waals surface area contributed by atoms with Crippen LogP contribution in [0.15, 0.2) is 29.3 Å². The van der Waals surface area contributed by atoms with Crippen molar-refractivity contribution in [1.29, 1.82) is 0 Å². The Morgan fingerprint density at radius 1 is 1.16 bits per heavy atom. The number of guanidine groups is 1. The van der Waals surface area contributed by atoms with Gasteiger partial charge >= 0.3 is 0 Å². The summed E-state index contributed by atoms with van der Waals surface area (Å²) in [5.41, 5.74) is 3.16. The van der Waals surface area contributed by atoms with Crippen molar-refractivity contribution in [2.75, 3.05) is 13.7 Å². The lowest BCUT2D eigenvalue weighted by Gasteiger charge is -2.55. The largest absolute Gasteiger partial charge is 0.377 e. The quantitative estimate of drug-likeness (QED) is 0.409. The van der Waals surface area contributed by atoms with E-state index >= 15 is 0 Å². The van der Waals surface area contributed by atoms with Crippen molar-refractivity contribution in [3.05, 3.63) is 35.4 Å². The van der Waals surface area contributed by atoms with Crippen LogP contribution in [0.5, 0.6) is 0 Å². The lowest BCUT2D eigenvalue weighted by atomic mass is 9.57. The van der Waals surface area contributed by atoms with E-state index in [1.54, 1.807) is 0 Å². The molecule has 1 heterocycles. The molecule has 4 rings (SSSR count). The summed E-state index contributed by atoms with van der Waals surface area (Å²) >= 11 is 0. The monoisotopic (exact) mass is 455 g/mol. The molecule has 4 atom stereocenters. The van der Waals surface area contributed by atoms with Crippen LogP contribution in [0.25, 0.3) is 0 Å². The Balaban J connectivity index is 0.00000182. The van der Waals surface area contributed by atoms with E-state index in [2.05, 4.69) is 53.7 Å². The molecule has 2 aliphatic carbocycles. The Kier molecular flexibility index (Phi) is 5.63. The molecule has 1 aromatic rings. The van der Waals surface area contributed by atoms with Crippen LogP contribution in [-0.4, -0.2) is 37.8 Å². The zero-order chi connectivity index (χ0) is 16.7. The third-order valence-electron chi connectivity index (χ3n) is 6.30. The van der Waals surface area contributed by atoms with E-state index < -0.39 is 0 Å². The minimum Gasteiger partial charge on any atom is -0.377 e. The second kappa shape index (κ2) is 7.43. The Bertz CT molecular complexity index is 646. The third-order valence-corrected chi connectivity index (χ3v) is 6.30. The van der Waals surface area contributed by atoms with E-state index in [0.29, 0.717) is 24.1 Å². The SMILES string of the molecule is CN=C(NC1CCc2ccccc2C1)NC1C2CCOC2C1(C)C.I. The summed E-state index contributed by atoms with van der Waals surface area (Å²) in [6, 6.07) is 9.72. The Morgan fingerprint density at radius 3 is 2.68 bits per heavy atom. The molecule has 0 amide bonds. The summed E-state index contributed by atoms with van der Waals surface area (Å²) in [6.45, 7) is 5.52. The highest BCUT2D eigenvalue weighted by atomic mass is 127. The molecule has 4 nitrogen and oxygen atoms in total. The number of nitrogens with zero attached hydrogens (tertiary/aromatic N) is 1. The first-order valence-corrected chi connectivity index (χ1v) is 9.28. The minimum atomic E-state index is 0. The van der Waals surface area contributed by atoms with Gasteiger partial charge in [-0.3, -0.25) is 4.99 Å². The van der Waals surface area contributed by atoms with Crippen molar-refractivity contribution in [1.82, 2.24) is 10.6 Å². The van der Waals surface area contributed by atoms with Gasteiger partial charge in [0, 0.05) is 37.1 Å². The fourth-order valence-electron chi connectivity index (χ4n) is 4.95. The first-order valence-electron chi connectivity index (χ1n) is 9.28. The van der Waals surface area contributed by atoms with E-state index in [0.717, 1.165) is 25.4 Å². The van der Waals surface area contributed by atoms with Crippen molar-refractivity contribution in [2.24, 2.45) is 16.3 Å². The van der Waals surface area contributed by atoms with E-state index in [-0.39, 0.29) is 29.4 Å². The molecule has 0 bridgehead atoms. The Hall–Kier alpha value is -0.820. The van der Waals surface area contributed by atoms with Crippen molar-refractivity contribution < 1.29 is 4.74 Å². The standard InChI is InChI=1S/C20H29N3O.HI/c1-20(2)17(16-10-11-24-18(16)20)23-19(21-3)22-15-9-8-13-6-4-5-7-14(13)12-15;/h4-7,15-18H,8-12H2,1-3H3,(H2,21,22,23);1H. The number of rotatable bonds is 2. The zero-order valence-corrected chi connectivity index (χ0v) is 17.7. The summed E-state index contributed by atoms with van der Waals surface area (Å²) in [5, 5.41) is 7.36. The van der Waals surface area contributed by atoms with Crippen molar-refractivity contribution in [3.63, 3.8) is 0 Å². The molecule has 2 N–H and O–H groups in total. The molecule has 3 aliphatic rings. The molecule has 1 saturated carbocycles. The Labute approximate surface area is 168 Å². The molecule has 1 aliphatic heterocycles. The maximum atomic E-state index is 5.90. The molecule has 138 valence electrons. The molecule has 1 saturated heterocycles. The first kappa shape index (κ1) is 19.0. The molecule has 1 aromatic carbocycles. The van der Waals surface area contributed by atoms with Gasteiger partial charge in [-0.05, 0) is 36.8 Å². The lowest BCUT2D eigenvalue weighted by molar-refractivity contribution is -0.106. The maximum absolute atomic E-state index is 5.90. The first-order chi connectivity index (χ1) is 11.6. The molecule has 0 radical (unpaired) electrons. The molecule has 25 heavy (non-hydrogen) atoms. The van der Waals surface area contributed by atoms with E-state index in [9.17, 15) is 0 Å². The van der Waals surface area contributed by atoms with Crippen LogP contribution in [0.1, 0.15) is 37.8 Å². The highest BCUT2D eigenvalue weighted by Gasteiger charge is 2.59. The van der Waals surface area contributed by atoms with Crippen molar-refractivity contribution in [2.45, 2.75) is 57.7 Å². The minimum absolute atomic E-state index is 0. The number of hydrogen-bond donors (Lipinski definition) is 2. The molecule has 4 unspecified atom stereocenters.